The zero-order valence-electron chi connectivity index (χ0n) is 22.3. The van der Waals surface area contributed by atoms with Crippen LogP contribution in [0.25, 0.3) is 21.3 Å². The van der Waals surface area contributed by atoms with Gasteiger partial charge in [-0.25, -0.2) is 4.98 Å². The van der Waals surface area contributed by atoms with Crippen molar-refractivity contribution in [2.24, 2.45) is 0 Å². The van der Waals surface area contributed by atoms with E-state index in [1.54, 1.807) is 30.4 Å². The molecule has 3 aromatic carbocycles. The van der Waals surface area contributed by atoms with Crippen LogP contribution in [0, 0.1) is 6.92 Å². The molecular weight excluding hydrogens is 496 g/mol. The van der Waals surface area contributed by atoms with Crippen molar-refractivity contribution < 1.29 is 14.3 Å². The lowest BCUT2D eigenvalue weighted by Gasteiger charge is -2.24. The number of rotatable bonds is 12. The fraction of sp³-hybridized carbons (Fsp3) is 0.300. The summed E-state index contributed by atoms with van der Waals surface area (Å²) in [5.74, 6) is 0.708. The summed E-state index contributed by atoms with van der Waals surface area (Å²) in [6.07, 6.45) is 2.36. The summed E-state index contributed by atoms with van der Waals surface area (Å²) < 4.78 is 5.72. The third kappa shape index (κ3) is 6.38. The largest absolute Gasteiger partial charge is 0.496 e. The summed E-state index contributed by atoms with van der Waals surface area (Å²) in [5, 5.41) is 11.0. The molecule has 4 aromatic rings. The quantitative estimate of drug-likeness (QED) is 0.249. The molecule has 0 spiro atoms. The van der Waals surface area contributed by atoms with Crippen molar-refractivity contribution in [1.82, 2.24) is 15.6 Å². The molecule has 2 amide bonds. The third-order valence-electron chi connectivity index (χ3n) is 6.52. The highest BCUT2D eigenvalue weighted by Crippen LogP contribution is 2.34. The van der Waals surface area contributed by atoms with Crippen molar-refractivity contribution in [2.75, 3.05) is 25.6 Å². The Morgan fingerprint density at radius 2 is 2.00 bits per heavy atom. The van der Waals surface area contributed by atoms with Crippen molar-refractivity contribution in [3.63, 3.8) is 0 Å². The van der Waals surface area contributed by atoms with Crippen molar-refractivity contribution >= 4 is 40.1 Å². The second kappa shape index (κ2) is 12.7. The fourth-order valence-corrected chi connectivity index (χ4v) is 5.43. The summed E-state index contributed by atoms with van der Waals surface area (Å²) in [6.45, 7) is 4.65. The molecule has 4 rings (SSSR count). The molecule has 0 bridgehead atoms. The second-order valence-electron chi connectivity index (χ2n) is 9.38. The number of ether oxygens (including phenoxy) is 1. The van der Waals surface area contributed by atoms with Gasteiger partial charge in [0.05, 0.1) is 20.2 Å². The maximum absolute atomic E-state index is 12.4. The van der Waals surface area contributed by atoms with Crippen LogP contribution >= 0.6 is 11.3 Å². The highest BCUT2D eigenvalue weighted by Gasteiger charge is 2.17. The molecule has 1 heterocycles. The number of amides is 2. The van der Waals surface area contributed by atoms with Gasteiger partial charge in [-0.3, -0.25) is 9.59 Å². The van der Waals surface area contributed by atoms with E-state index in [9.17, 15) is 9.59 Å². The van der Waals surface area contributed by atoms with Gasteiger partial charge < -0.3 is 20.3 Å². The lowest BCUT2D eigenvalue weighted by Crippen LogP contribution is -2.38. The van der Waals surface area contributed by atoms with Gasteiger partial charge in [-0.2, -0.15) is 0 Å². The first-order valence-corrected chi connectivity index (χ1v) is 13.6. The molecule has 7 nitrogen and oxygen atoms in total. The van der Waals surface area contributed by atoms with Crippen LogP contribution in [0.1, 0.15) is 30.2 Å². The fourth-order valence-electron chi connectivity index (χ4n) is 4.63. The molecule has 0 aliphatic rings. The molecule has 2 N–H and O–H groups in total. The topological polar surface area (TPSA) is 83.6 Å². The Morgan fingerprint density at radius 1 is 1.18 bits per heavy atom. The number of methoxy groups -OCH3 is 1. The Kier molecular flexibility index (Phi) is 9.10. The number of likely N-dealkylation sites (N-methyl/N-ethyl adjacent to an activating group) is 1. The molecule has 0 saturated heterocycles. The summed E-state index contributed by atoms with van der Waals surface area (Å²) in [6, 6.07) is 18.2. The van der Waals surface area contributed by atoms with Crippen molar-refractivity contribution in [1.29, 1.82) is 0 Å². The highest BCUT2D eigenvalue weighted by atomic mass is 32.1. The summed E-state index contributed by atoms with van der Waals surface area (Å²) >= 11 is 1.63. The van der Waals surface area contributed by atoms with Gasteiger partial charge in [0.2, 0.25) is 12.3 Å². The van der Waals surface area contributed by atoms with Crippen LogP contribution in [-0.4, -0.2) is 44.0 Å². The van der Waals surface area contributed by atoms with Gasteiger partial charge in [0.1, 0.15) is 10.8 Å². The van der Waals surface area contributed by atoms with E-state index in [1.807, 2.05) is 50.2 Å². The van der Waals surface area contributed by atoms with Gasteiger partial charge >= 0.3 is 0 Å². The number of nitrogens with zero attached hydrogens (tertiary/aromatic N) is 2. The number of aryl methyl sites for hydroxylation is 2. The lowest BCUT2D eigenvalue weighted by atomic mass is 9.99. The van der Waals surface area contributed by atoms with E-state index in [2.05, 4.69) is 39.2 Å². The zero-order valence-corrected chi connectivity index (χ0v) is 23.1. The monoisotopic (exact) mass is 530 g/mol. The summed E-state index contributed by atoms with van der Waals surface area (Å²) in [4.78, 5) is 30.7. The zero-order chi connectivity index (χ0) is 27.1. The van der Waals surface area contributed by atoms with Crippen LogP contribution in [0.15, 0.2) is 60.0 Å². The van der Waals surface area contributed by atoms with Crippen LogP contribution in [0.3, 0.4) is 0 Å². The van der Waals surface area contributed by atoms with Gasteiger partial charge in [-0.05, 0) is 68.3 Å². The number of benzene rings is 3. The number of anilines is 1. The number of fused-ring (bicyclic) bond motifs is 1. The van der Waals surface area contributed by atoms with Gasteiger partial charge in [-0.1, -0.05) is 36.4 Å². The maximum atomic E-state index is 12.4. The van der Waals surface area contributed by atoms with E-state index in [1.165, 1.54) is 0 Å². The molecule has 38 heavy (non-hydrogen) atoms. The predicted octanol–water partition coefficient (Wildman–Crippen LogP) is 5.10. The first kappa shape index (κ1) is 27.3. The molecule has 198 valence electrons. The molecular formula is C30H34N4O3S. The Balaban J connectivity index is 1.61. The van der Waals surface area contributed by atoms with Crippen LogP contribution in [0.2, 0.25) is 0 Å². The Hall–Kier alpha value is -3.75. The molecule has 1 aromatic heterocycles. The van der Waals surface area contributed by atoms with Gasteiger partial charge in [-0.15, -0.1) is 11.3 Å². The number of aromatic nitrogens is 1. The minimum absolute atomic E-state index is 0.0163. The van der Waals surface area contributed by atoms with Crippen LogP contribution < -0.4 is 20.3 Å². The first-order chi connectivity index (χ1) is 18.4. The van der Waals surface area contributed by atoms with Crippen molar-refractivity contribution in [3.8, 4) is 16.3 Å². The summed E-state index contributed by atoms with van der Waals surface area (Å²) in [7, 11) is 3.40. The van der Waals surface area contributed by atoms with Gasteiger partial charge in [0, 0.05) is 33.9 Å². The molecule has 0 fully saturated rings. The molecule has 0 saturated carbocycles. The average Bonchev–Trinajstić information content (AvgIpc) is 3.36. The summed E-state index contributed by atoms with van der Waals surface area (Å²) in [5.41, 5.74) is 4.93. The van der Waals surface area contributed by atoms with Gasteiger partial charge in [0.15, 0.2) is 0 Å². The molecule has 0 radical (unpaired) electrons. The molecule has 0 aliphatic heterocycles. The maximum Gasteiger partial charge on any atom is 0.234 e. The smallest absolute Gasteiger partial charge is 0.234 e. The number of carbonyl (C=O) groups is 2. The molecule has 8 heteroatoms. The Morgan fingerprint density at radius 3 is 2.71 bits per heavy atom. The number of nitrogens with one attached hydrogen (secondary N) is 2. The third-order valence-corrected chi connectivity index (χ3v) is 7.53. The average molecular weight is 531 g/mol. The van der Waals surface area contributed by atoms with E-state index in [0.29, 0.717) is 6.54 Å². The number of hydrogen-bond donors (Lipinski definition) is 2. The minimum Gasteiger partial charge on any atom is -0.496 e. The molecule has 1 unspecified atom stereocenters. The SMILES string of the molecule is CNCC(=O)NC(C)CCc1ccccc1N(C=O)Cc1c(OC)ccc2cc(-c3nc(C)cs3)ccc12. The molecule has 0 aliphatic carbocycles. The lowest BCUT2D eigenvalue weighted by molar-refractivity contribution is -0.120. The number of hydrogen-bond acceptors (Lipinski definition) is 6. The van der Waals surface area contributed by atoms with Gasteiger partial charge in [0.25, 0.3) is 0 Å². The number of carbonyl (C=O) groups excluding carboxylic acids is 2. The van der Waals surface area contributed by atoms with E-state index in [-0.39, 0.29) is 18.5 Å². The predicted molar refractivity (Wildman–Crippen MR) is 155 cm³/mol. The van der Waals surface area contributed by atoms with E-state index < -0.39 is 0 Å². The van der Waals surface area contributed by atoms with E-state index in [0.717, 1.165) is 68.9 Å². The Labute approximate surface area is 227 Å². The minimum atomic E-state index is -0.0287. The van der Waals surface area contributed by atoms with Crippen molar-refractivity contribution in [2.45, 2.75) is 39.3 Å². The van der Waals surface area contributed by atoms with Crippen molar-refractivity contribution in [3.05, 3.63) is 76.8 Å². The van der Waals surface area contributed by atoms with Crippen LogP contribution in [-0.2, 0) is 22.6 Å². The van der Waals surface area contributed by atoms with Crippen LogP contribution in [0.5, 0.6) is 5.75 Å². The second-order valence-corrected chi connectivity index (χ2v) is 10.2. The highest BCUT2D eigenvalue weighted by molar-refractivity contribution is 7.13. The van der Waals surface area contributed by atoms with E-state index >= 15 is 0 Å². The number of para-hydroxylation sites is 1. The van der Waals surface area contributed by atoms with Crippen LogP contribution in [0.4, 0.5) is 5.69 Å². The van der Waals surface area contributed by atoms with E-state index in [4.69, 9.17) is 4.74 Å². The molecule has 1 atom stereocenters. The number of thiazole rings is 1. The Bertz CT molecular complexity index is 1420. The normalized spacial score (nSPS) is 11.8. The first-order valence-electron chi connectivity index (χ1n) is 12.7. The standard InChI is InChI=1S/C30H34N4O3S/c1-20(32-29(36)16-31-3)9-10-22-7-5-6-8-27(22)34(19-35)17-26-25-13-11-24(30-33-21(2)18-38-30)15-23(25)12-14-28(26)37-4/h5-8,11-15,18-20,31H,9-10,16-17H2,1-4H3,(H,32,36).